The van der Waals surface area contributed by atoms with Crippen molar-refractivity contribution in [2.24, 2.45) is 0 Å². The van der Waals surface area contributed by atoms with E-state index < -0.39 is 28.5 Å². The molecule has 11 heteroatoms. The van der Waals surface area contributed by atoms with Crippen LogP contribution in [0.5, 0.6) is 5.75 Å². The molecule has 33 heavy (non-hydrogen) atoms. The lowest BCUT2D eigenvalue weighted by Gasteiger charge is -2.32. The zero-order valence-corrected chi connectivity index (χ0v) is 21.2. The lowest BCUT2D eigenvalue weighted by atomic mass is 10.1. The Bertz CT molecular complexity index is 1090. The summed E-state index contributed by atoms with van der Waals surface area (Å²) < 4.78 is 31.2. The van der Waals surface area contributed by atoms with E-state index in [2.05, 4.69) is 5.32 Å². The Morgan fingerprint density at radius 3 is 2.24 bits per heavy atom. The Morgan fingerprint density at radius 1 is 1.12 bits per heavy atom. The molecular weight excluding hydrogens is 489 g/mol. The van der Waals surface area contributed by atoms with Crippen LogP contribution in [0, 0.1) is 0 Å². The van der Waals surface area contributed by atoms with Gasteiger partial charge in [-0.25, -0.2) is 8.42 Å². The third-order valence-electron chi connectivity index (χ3n) is 5.03. The zero-order chi connectivity index (χ0) is 24.8. The average molecular weight is 516 g/mol. The van der Waals surface area contributed by atoms with Crippen LogP contribution in [-0.2, 0) is 26.2 Å². The van der Waals surface area contributed by atoms with Crippen molar-refractivity contribution in [3.63, 3.8) is 0 Å². The summed E-state index contributed by atoms with van der Waals surface area (Å²) in [5.41, 5.74) is 0.872. The van der Waals surface area contributed by atoms with E-state index in [9.17, 15) is 18.0 Å². The molecular formula is C22H27Cl2N3O5S. The number of hydrogen-bond acceptors (Lipinski definition) is 5. The van der Waals surface area contributed by atoms with E-state index in [1.165, 1.54) is 19.1 Å². The smallest absolute Gasteiger partial charge is 0.244 e. The summed E-state index contributed by atoms with van der Waals surface area (Å²) in [5, 5.41) is 3.32. The minimum atomic E-state index is -3.81. The Kier molecular flexibility index (Phi) is 9.39. The second-order valence-electron chi connectivity index (χ2n) is 7.26. The van der Waals surface area contributed by atoms with Gasteiger partial charge in [-0.15, -0.1) is 0 Å². The SMILES string of the molecule is CC[C@H](C(=O)NC)N(Cc1ccc(Cl)cc1Cl)C(=O)CN(c1ccc(OC)cc1)S(C)(=O)=O. The number of rotatable bonds is 10. The van der Waals surface area contributed by atoms with Crippen LogP contribution in [0.25, 0.3) is 0 Å². The molecule has 2 rings (SSSR count). The quantitative estimate of drug-likeness (QED) is 0.523. The van der Waals surface area contributed by atoms with E-state index in [4.69, 9.17) is 27.9 Å². The number of anilines is 1. The standard InChI is InChI=1S/C22H27Cl2N3O5S/c1-5-20(22(29)25-2)26(13-15-6-7-16(23)12-19(15)24)21(28)14-27(33(4,30)31)17-8-10-18(32-3)11-9-17/h6-12,20H,5,13-14H2,1-4H3,(H,25,29)/t20-/m1/s1. The Hall–Kier alpha value is -2.49. The van der Waals surface area contributed by atoms with E-state index in [0.29, 0.717) is 33.5 Å². The fourth-order valence-corrected chi connectivity index (χ4v) is 4.60. The fourth-order valence-electron chi connectivity index (χ4n) is 3.28. The number of likely N-dealkylation sites (N-methyl/N-ethyl adjacent to an activating group) is 1. The largest absolute Gasteiger partial charge is 0.497 e. The van der Waals surface area contributed by atoms with Crippen molar-refractivity contribution in [3.8, 4) is 5.75 Å². The number of carbonyl (C=O) groups excluding carboxylic acids is 2. The molecule has 1 atom stereocenters. The monoisotopic (exact) mass is 515 g/mol. The number of hydrogen-bond donors (Lipinski definition) is 1. The number of nitrogens with one attached hydrogen (secondary N) is 1. The maximum atomic E-state index is 13.4. The fraction of sp³-hybridized carbons (Fsp3) is 0.364. The summed E-state index contributed by atoms with van der Waals surface area (Å²) in [5.74, 6) is -0.382. The summed E-state index contributed by atoms with van der Waals surface area (Å²) in [6, 6.07) is 10.3. The third-order valence-corrected chi connectivity index (χ3v) is 6.76. The summed E-state index contributed by atoms with van der Waals surface area (Å²) in [6.45, 7) is 1.27. The molecule has 0 aliphatic heterocycles. The van der Waals surface area contributed by atoms with Crippen molar-refractivity contribution in [3.05, 3.63) is 58.1 Å². The number of halogens is 2. The Balaban J connectivity index is 2.44. The van der Waals surface area contributed by atoms with Crippen molar-refractivity contribution >= 4 is 50.7 Å². The van der Waals surface area contributed by atoms with Gasteiger partial charge in [0.15, 0.2) is 0 Å². The number of methoxy groups -OCH3 is 1. The van der Waals surface area contributed by atoms with Gasteiger partial charge < -0.3 is 15.0 Å². The van der Waals surface area contributed by atoms with Gasteiger partial charge in [0.1, 0.15) is 18.3 Å². The summed E-state index contributed by atoms with van der Waals surface area (Å²) in [4.78, 5) is 27.3. The molecule has 8 nitrogen and oxygen atoms in total. The van der Waals surface area contributed by atoms with Crippen molar-refractivity contribution in [1.82, 2.24) is 10.2 Å². The van der Waals surface area contributed by atoms with Crippen LogP contribution in [0.1, 0.15) is 18.9 Å². The van der Waals surface area contributed by atoms with Crippen molar-refractivity contribution in [2.45, 2.75) is 25.9 Å². The Labute approximate surface area is 204 Å². The van der Waals surface area contributed by atoms with Gasteiger partial charge >= 0.3 is 0 Å². The number of sulfonamides is 1. The van der Waals surface area contributed by atoms with Crippen molar-refractivity contribution < 1.29 is 22.7 Å². The van der Waals surface area contributed by atoms with Gasteiger partial charge in [-0.05, 0) is 48.4 Å². The van der Waals surface area contributed by atoms with Crippen LogP contribution >= 0.6 is 23.2 Å². The normalized spacial score (nSPS) is 12.1. The van der Waals surface area contributed by atoms with Gasteiger partial charge in [0.2, 0.25) is 21.8 Å². The minimum Gasteiger partial charge on any atom is -0.497 e. The first kappa shape index (κ1) is 26.8. The first-order chi connectivity index (χ1) is 15.5. The highest BCUT2D eigenvalue weighted by atomic mass is 35.5. The molecule has 1 N–H and O–H groups in total. The molecule has 2 aromatic rings. The first-order valence-corrected chi connectivity index (χ1v) is 12.7. The molecule has 0 aliphatic carbocycles. The molecule has 0 saturated heterocycles. The molecule has 0 bridgehead atoms. The molecule has 0 fully saturated rings. The van der Waals surface area contributed by atoms with Crippen LogP contribution in [0.3, 0.4) is 0 Å². The number of carbonyl (C=O) groups is 2. The van der Waals surface area contributed by atoms with Crippen molar-refractivity contribution in [2.75, 3.05) is 31.3 Å². The molecule has 180 valence electrons. The Morgan fingerprint density at radius 2 is 1.76 bits per heavy atom. The van der Waals surface area contributed by atoms with Crippen LogP contribution in [0.4, 0.5) is 5.69 Å². The lowest BCUT2D eigenvalue weighted by Crippen LogP contribution is -2.51. The predicted molar refractivity (Wildman–Crippen MR) is 130 cm³/mol. The molecule has 0 unspecified atom stereocenters. The molecule has 0 saturated carbocycles. The highest BCUT2D eigenvalue weighted by Gasteiger charge is 2.31. The summed E-state index contributed by atoms with van der Waals surface area (Å²) >= 11 is 12.3. The first-order valence-electron chi connectivity index (χ1n) is 10.1. The summed E-state index contributed by atoms with van der Waals surface area (Å²) in [7, 11) is -0.838. The molecule has 2 aromatic carbocycles. The van der Waals surface area contributed by atoms with Crippen LogP contribution < -0.4 is 14.4 Å². The number of nitrogens with zero attached hydrogens (tertiary/aromatic N) is 2. The minimum absolute atomic E-state index is 0.000969. The van der Waals surface area contributed by atoms with Gasteiger partial charge in [0.25, 0.3) is 0 Å². The molecule has 0 heterocycles. The molecule has 0 radical (unpaired) electrons. The maximum Gasteiger partial charge on any atom is 0.244 e. The lowest BCUT2D eigenvalue weighted by molar-refractivity contribution is -0.140. The van der Waals surface area contributed by atoms with Crippen LogP contribution in [0.15, 0.2) is 42.5 Å². The van der Waals surface area contributed by atoms with Gasteiger partial charge in [-0.2, -0.15) is 0 Å². The second kappa shape index (κ2) is 11.6. The van der Waals surface area contributed by atoms with Crippen LogP contribution in [0.2, 0.25) is 10.0 Å². The van der Waals surface area contributed by atoms with Gasteiger partial charge in [-0.1, -0.05) is 36.2 Å². The van der Waals surface area contributed by atoms with E-state index >= 15 is 0 Å². The van der Waals surface area contributed by atoms with E-state index in [-0.39, 0.29) is 12.5 Å². The molecule has 0 spiro atoms. The second-order valence-corrected chi connectivity index (χ2v) is 10.0. The molecule has 0 aliphatic rings. The maximum absolute atomic E-state index is 13.4. The average Bonchev–Trinajstić information content (AvgIpc) is 2.77. The van der Waals surface area contributed by atoms with E-state index in [1.807, 2.05) is 0 Å². The summed E-state index contributed by atoms with van der Waals surface area (Å²) in [6.07, 6.45) is 1.33. The van der Waals surface area contributed by atoms with Gasteiger partial charge in [0, 0.05) is 23.6 Å². The molecule has 0 aromatic heterocycles. The van der Waals surface area contributed by atoms with Crippen molar-refractivity contribution in [1.29, 1.82) is 0 Å². The highest BCUT2D eigenvalue weighted by Crippen LogP contribution is 2.25. The number of amides is 2. The van der Waals surface area contributed by atoms with Crippen LogP contribution in [-0.4, -0.2) is 58.1 Å². The number of benzene rings is 2. The van der Waals surface area contributed by atoms with Gasteiger partial charge in [-0.3, -0.25) is 13.9 Å². The number of ether oxygens (including phenoxy) is 1. The van der Waals surface area contributed by atoms with E-state index in [1.54, 1.807) is 49.4 Å². The van der Waals surface area contributed by atoms with E-state index in [0.717, 1.165) is 10.6 Å². The highest BCUT2D eigenvalue weighted by molar-refractivity contribution is 7.92. The third kappa shape index (κ3) is 6.99. The topological polar surface area (TPSA) is 96.0 Å². The predicted octanol–water partition coefficient (Wildman–Crippen LogP) is 3.32. The zero-order valence-electron chi connectivity index (χ0n) is 18.8. The van der Waals surface area contributed by atoms with Gasteiger partial charge in [0.05, 0.1) is 19.1 Å². The molecule has 2 amide bonds.